The molecule has 39 heavy (non-hydrogen) atoms. The molecule has 0 aliphatic heterocycles. The lowest BCUT2D eigenvalue weighted by Crippen LogP contribution is -2.14. The molecule has 2 heterocycles. The lowest BCUT2D eigenvalue weighted by Gasteiger charge is -2.14. The Morgan fingerprint density at radius 1 is 1.10 bits per heavy atom. The normalized spacial score (nSPS) is 11.4. The molecule has 204 valence electrons. The van der Waals surface area contributed by atoms with Crippen molar-refractivity contribution in [1.29, 1.82) is 0 Å². The van der Waals surface area contributed by atoms with Gasteiger partial charge < -0.3 is 30.2 Å². The zero-order chi connectivity index (χ0) is 27.9. The van der Waals surface area contributed by atoms with Crippen LogP contribution in [0.4, 0.5) is 11.5 Å². The Kier molecular flexibility index (Phi) is 8.74. The molecule has 11 nitrogen and oxygen atoms in total. The number of benzene rings is 2. The van der Waals surface area contributed by atoms with Crippen LogP contribution in [0.3, 0.4) is 0 Å². The summed E-state index contributed by atoms with van der Waals surface area (Å²) in [5, 5.41) is 8.40. The van der Waals surface area contributed by atoms with Crippen LogP contribution in [0.15, 0.2) is 54.9 Å². The number of nitrogen functional groups attached to an aromatic ring is 1. The molecule has 0 spiro atoms. The van der Waals surface area contributed by atoms with E-state index in [1.807, 2.05) is 50.2 Å². The van der Waals surface area contributed by atoms with E-state index in [0.717, 1.165) is 16.9 Å². The van der Waals surface area contributed by atoms with Crippen LogP contribution in [0.2, 0.25) is 0 Å². The van der Waals surface area contributed by atoms with Gasteiger partial charge in [0.1, 0.15) is 35.9 Å². The highest BCUT2D eigenvalue weighted by molar-refractivity contribution is 6.01. The van der Waals surface area contributed by atoms with Crippen molar-refractivity contribution < 1.29 is 19.0 Å². The molecule has 0 unspecified atom stereocenters. The van der Waals surface area contributed by atoms with E-state index in [-0.39, 0.29) is 5.91 Å². The zero-order valence-corrected chi connectivity index (χ0v) is 22.8. The van der Waals surface area contributed by atoms with Gasteiger partial charge >= 0.3 is 0 Å². The summed E-state index contributed by atoms with van der Waals surface area (Å²) in [6.07, 6.45) is 4.68. The highest BCUT2D eigenvalue weighted by Gasteiger charge is 2.20. The highest BCUT2D eigenvalue weighted by atomic mass is 16.5. The fourth-order valence-corrected chi connectivity index (χ4v) is 3.98. The topological polar surface area (TPSA) is 130 Å². The largest absolute Gasteiger partial charge is 0.496 e. The van der Waals surface area contributed by atoms with Crippen LogP contribution >= 0.6 is 0 Å². The van der Waals surface area contributed by atoms with Crippen LogP contribution in [0.1, 0.15) is 5.56 Å². The van der Waals surface area contributed by atoms with Gasteiger partial charge in [0.25, 0.3) is 0 Å². The first kappa shape index (κ1) is 27.6. The molecule has 0 bridgehead atoms. The number of nitrogens with zero attached hydrogens (tertiary/aromatic N) is 5. The Bertz CT molecular complexity index is 1500. The lowest BCUT2D eigenvalue weighted by molar-refractivity contribution is -0.111. The van der Waals surface area contributed by atoms with E-state index in [1.165, 1.54) is 12.4 Å². The second-order valence-corrected chi connectivity index (χ2v) is 9.08. The number of anilines is 2. The highest BCUT2D eigenvalue weighted by Crippen LogP contribution is 2.35. The number of rotatable bonds is 11. The van der Waals surface area contributed by atoms with Crippen LogP contribution in [0.5, 0.6) is 11.5 Å². The van der Waals surface area contributed by atoms with Crippen molar-refractivity contribution in [2.75, 3.05) is 59.1 Å². The van der Waals surface area contributed by atoms with Crippen LogP contribution in [0.25, 0.3) is 28.0 Å². The molecule has 0 radical (unpaired) electrons. The zero-order valence-electron chi connectivity index (χ0n) is 22.8. The SMILES string of the molecule is COCCOc1ccc(-n2nc(-c3ccc(C)c(OC)c3)c3c(N)ncnc32)cc1NC(=O)C=CCN(C)C. The molecule has 4 rings (SSSR count). The van der Waals surface area contributed by atoms with Crippen LogP contribution in [-0.4, -0.2) is 78.6 Å². The number of methoxy groups -OCH3 is 2. The van der Waals surface area contributed by atoms with Gasteiger partial charge in [-0.25, -0.2) is 14.6 Å². The van der Waals surface area contributed by atoms with Gasteiger partial charge in [-0.1, -0.05) is 18.2 Å². The summed E-state index contributed by atoms with van der Waals surface area (Å²) >= 11 is 0. The molecular weight excluding hydrogens is 498 g/mol. The number of ether oxygens (including phenoxy) is 3. The quantitative estimate of drug-likeness (QED) is 0.221. The third-order valence-corrected chi connectivity index (χ3v) is 5.93. The number of likely N-dealkylation sites (N-methyl/N-ethyl adjacent to an activating group) is 1. The Balaban J connectivity index is 1.80. The number of nitrogens with two attached hydrogens (primary N) is 1. The minimum absolute atomic E-state index is 0.282. The average molecular weight is 532 g/mol. The molecule has 0 saturated carbocycles. The van der Waals surface area contributed by atoms with Gasteiger partial charge in [-0.3, -0.25) is 4.79 Å². The van der Waals surface area contributed by atoms with Crippen molar-refractivity contribution in [3.05, 3.63) is 60.4 Å². The number of aryl methyl sites for hydroxylation is 1. The smallest absolute Gasteiger partial charge is 0.248 e. The van der Waals surface area contributed by atoms with Gasteiger partial charge in [-0.05, 0) is 50.8 Å². The monoisotopic (exact) mass is 531 g/mol. The summed E-state index contributed by atoms with van der Waals surface area (Å²) in [5.41, 5.74) is 10.4. The Morgan fingerprint density at radius 2 is 1.92 bits per heavy atom. The first-order valence-corrected chi connectivity index (χ1v) is 12.3. The Labute approximate surface area is 227 Å². The second-order valence-electron chi connectivity index (χ2n) is 9.08. The second kappa shape index (κ2) is 12.4. The molecule has 0 fully saturated rings. The Morgan fingerprint density at radius 3 is 2.67 bits per heavy atom. The number of hydrogen-bond acceptors (Lipinski definition) is 9. The molecule has 0 atom stereocenters. The van der Waals surface area contributed by atoms with E-state index in [1.54, 1.807) is 37.1 Å². The minimum atomic E-state index is -0.282. The summed E-state index contributed by atoms with van der Waals surface area (Å²) < 4.78 is 18.2. The van der Waals surface area contributed by atoms with Gasteiger partial charge in [0.2, 0.25) is 5.91 Å². The fraction of sp³-hybridized carbons (Fsp3) is 0.286. The first-order chi connectivity index (χ1) is 18.8. The maximum absolute atomic E-state index is 12.7. The van der Waals surface area contributed by atoms with Crippen LogP contribution in [0, 0.1) is 6.92 Å². The number of aromatic nitrogens is 4. The number of amides is 1. The molecule has 0 aliphatic rings. The number of fused-ring (bicyclic) bond motifs is 1. The third kappa shape index (κ3) is 6.33. The van der Waals surface area contributed by atoms with Crippen molar-refractivity contribution in [2.24, 2.45) is 0 Å². The summed E-state index contributed by atoms with van der Waals surface area (Å²) in [6, 6.07) is 11.2. The van der Waals surface area contributed by atoms with Crippen molar-refractivity contribution in [3.63, 3.8) is 0 Å². The van der Waals surface area contributed by atoms with Crippen molar-refractivity contribution in [1.82, 2.24) is 24.6 Å². The maximum Gasteiger partial charge on any atom is 0.248 e. The molecule has 2 aromatic heterocycles. The van der Waals surface area contributed by atoms with Gasteiger partial charge in [-0.15, -0.1) is 0 Å². The van der Waals surface area contributed by atoms with Gasteiger partial charge in [-0.2, -0.15) is 5.10 Å². The molecule has 3 N–H and O–H groups in total. The molecule has 2 aromatic carbocycles. The molecular formula is C28H33N7O4. The van der Waals surface area contributed by atoms with Gasteiger partial charge in [0.15, 0.2) is 5.65 Å². The third-order valence-electron chi connectivity index (χ3n) is 5.93. The van der Waals surface area contributed by atoms with Crippen LogP contribution < -0.4 is 20.5 Å². The average Bonchev–Trinajstić information content (AvgIpc) is 3.30. The number of carbonyl (C=O) groups is 1. The van der Waals surface area contributed by atoms with E-state index >= 15 is 0 Å². The summed E-state index contributed by atoms with van der Waals surface area (Å²) in [6.45, 7) is 3.33. The fourth-order valence-electron chi connectivity index (χ4n) is 3.98. The number of carbonyl (C=O) groups excluding carboxylic acids is 1. The van der Waals surface area contributed by atoms with E-state index in [2.05, 4.69) is 15.3 Å². The summed E-state index contributed by atoms with van der Waals surface area (Å²) in [7, 11) is 7.09. The summed E-state index contributed by atoms with van der Waals surface area (Å²) in [5.74, 6) is 1.25. The predicted molar refractivity (Wildman–Crippen MR) is 151 cm³/mol. The molecule has 1 amide bonds. The van der Waals surface area contributed by atoms with Crippen molar-refractivity contribution in [3.8, 4) is 28.4 Å². The number of hydrogen-bond donors (Lipinski definition) is 2. The standard InChI is InChI=1S/C28H33N7O4/c1-18-8-9-19(15-23(18)38-5)26-25-27(29)30-17-31-28(25)35(33-26)20-10-11-22(39-14-13-37-4)21(16-20)32-24(36)7-6-12-34(2)3/h6-11,15-17H,12-14H2,1-5H3,(H,32,36)(H2,29,30,31). The van der Waals surface area contributed by atoms with Gasteiger partial charge in [0.05, 0.1) is 30.5 Å². The Hall–Kier alpha value is -4.48. The van der Waals surface area contributed by atoms with Gasteiger partial charge in [0, 0.05) is 25.3 Å². The van der Waals surface area contributed by atoms with E-state index < -0.39 is 0 Å². The maximum atomic E-state index is 12.7. The van der Waals surface area contributed by atoms with E-state index in [0.29, 0.717) is 59.4 Å². The predicted octanol–water partition coefficient (Wildman–Crippen LogP) is 3.46. The molecule has 0 aliphatic carbocycles. The number of nitrogens with one attached hydrogen (secondary N) is 1. The minimum Gasteiger partial charge on any atom is -0.496 e. The molecule has 4 aromatic rings. The first-order valence-electron chi connectivity index (χ1n) is 12.3. The van der Waals surface area contributed by atoms with Crippen LogP contribution in [-0.2, 0) is 9.53 Å². The van der Waals surface area contributed by atoms with E-state index in [4.69, 9.17) is 25.0 Å². The summed E-state index contributed by atoms with van der Waals surface area (Å²) in [4.78, 5) is 23.3. The molecule has 0 saturated heterocycles. The van der Waals surface area contributed by atoms with Crippen molar-refractivity contribution >= 4 is 28.4 Å². The van der Waals surface area contributed by atoms with Crippen molar-refractivity contribution in [2.45, 2.75) is 6.92 Å². The lowest BCUT2D eigenvalue weighted by atomic mass is 10.1. The molecule has 11 heteroatoms. The van der Waals surface area contributed by atoms with E-state index in [9.17, 15) is 4.79 Å².